The van der Waals surface area contributed by atoms with Gasteiger partial charge in [-0.2, -0.15) is 0 Å². The molecule has 2 aliphatic rings. The monoisotopic (exact) mass is 571 g/mol. The highest BCUT2D eigenvalue weighted by molar-refractivity contribution is 6.40. The van der Waals surface area contributed by atoms with Crippen molar-refractivity contribution in [3.8, 4) is 11.1 Å². The third kappa shape index (κ3) is 5.41. The van der Waals surface area contributed by atoms with Gasteiger partial charge in [-0.1, -0.05) is 79.0 Å². The zero-order valence-corrected chi connectivity index (χ0v) is 23.8. The molecule has 1 aliphatic carbocycles. The number of fused-ring (bicyclic) bond motifs is 1. The molecule has 0 spiro atoms. The van der Waals surface area contributed by atoms with Crippen LogP contribution in [0.1, 0.15) is 56.6 Å². The van der Waals surface area contributed by atoms with Crippen LogP contribution in [0, 0.1) is 0 Å². The summed E-state index contributed by atoms with van der Waals surface area (Å²) in [6, 6.07) is 17.3. The molecule has 0 radical (unpaired) electrons. The quantitative estimate of drug-likeness (QED) is 0.280. The number of carbonyl (C=O) groups is 1. The fraction of sp³-hybridized carbons (Fsp3) is 0.367. The molecular formula is C30H32Cl3N3O2. The third-order valence-electron chi connectivity index (χ3n) is 7.66. The number of rotatable bonds is 6. The molecular weight excluding hydrogens is 541 g/mol. The lowest BCUT2D eigenvalue weighted by Crippen LogP contribution is -2.45. The van der Waals surface area contributed by atoms with Crippen LogP contribution in [0.25, 0.3) is 11.1 Å². The van der Waals surface area contributed by atoms with E-state index in [0.29, 0.717) is 52.7 Å². The normalized spacial score (nSPS) is 21.4. The molecule has 1 aliphatic heterocycles. The number of urea groups is 1. The Bertz CT molecular complexity index is 1330. The Balaban J connectivity index is 1.61. The number of benzene rings is 3. The summed E-state index contributed by atoms with van der Waals surface area (Å²) in [6.07, 6.45) is 3.10. The number of halogens is 3. The van der Waals surface area contributed by atoms with E-state index in [1.54, 1.807) is 23.1 Å². The van der Waals surface area contributed by atoms with Crippen LogP contribution < -0.4 is 15.5 Å². The number of amides is 2. The lowest BCUT2D eigenvalue weighted by Gasteiger charge is -2.38. The largest absolute Gasteiger partial charge is 0.389 e. The number of nitrogens with one attached hydrogen (secondary N) is 2. The molecule has 0 bridgehead atoms. The first-order valence-corrected chi connectivity index (χ1v) is 14.2. The molecule has 0 aromatic heterocycles. The maximum absolute atomic E-state index is 13.3. The second-order valence-electron chi connectivity index (χ2n) is 10.6. The fourth-order valence-corrected chi connectivity index (χ4v) is 6.36. The molecule has 3 aromatic rings. The minimum atomic E-state index is -0.711. The molecule has 200 valence electrons. The van der Waals surface area contributed by atoms with Crippen LogP contribution in [0.2, 0.25) is 15.1 Å². The highest BCUT2D eigenvalue weighted by Gasteiger charge is 2.36. The first kappa shape index (κ1) is 27.3. The first-order chi connectivity index (χ1) is 18.2. The topological polar surface area (TPSA) is 64.6 Å². The first-order valence-electron chi connectivity index (χ1n) is 13.1. The van der Waals surface area contributed by atoms with Crippen LogP contribution in [0.5, 0.6) is 0 Å². The van der Waals surface area contributed by atoms with Crippen LogP contribution in [0.15, 0.2) is 54.6 Å². The maximum atomic E-state index is 13.3. The van der Waals surface area contributed by atoms with E-state index in [4.69, 9.17) is 34.8 Å². The number of hydrogen-bond donors (Lipinski definition) is 3. The number of hydrogen-bond acceptors (Lipinski definition) is 3. The van der Waals surface area contributed by atoms with E-state index in [0.717, 1.165) is 40.8 Å². The molecule has 1 fully saturated rings. The Kier molecular flexibility index (Phi) is 7.95. The number of carbonyl (C=O) groups excluding carboxylic acids is 1. The number of para-hydroxylation sites is 1. The second kappa shape index (κ2) is 11.1. The summed E-state index contributed by atoms with van der Waals surface area (Å²) >= 11 is 19.9. The lowest BCUT2D eigenvalue weighted by molar-refractivity contribution is -0.00136. The van der Waals surface area contributed by atoms with Crippen molar-refractivity contribution in [3.05, 3.63) is 80.8 Å². The van der Waals surface area contributed by atoms with E-state index in [9.17, 15) is 9.90 Å². The molecule has 3 aromatic carbocycles. The molecule has 1 heterocycles. The average Bonchev–Trinajstić information content (AvgIpc) is 2.89. The van der Waals surface area contributed by atoms with Crippen LogP contribution in [0.4, 0.5) is 16.2 Å². The Morgan fingerprint density at radius 2 is 1.66 bits per heavy atom. The van der Waals surface area contributed by atoms with Gasteiger partial charge >= 0.3 is 6.03 Å². The summed E-state index contributed by atoms with van der Waals surface area (Å²) in [7, 11) is 0. The SMILES string of the molecule is CC(C)NCC1(O)CCC(c2cc(-c3ccccc3Cl)c3c(c2)N(c2c(Cl)cccc2Cl)C(=O)NC3)CC1. The highest BCUT2D eigenvalue weighted by atomic mass is 35.5. The molecule has 5 rings (SSSR count). The minimum Gasteiger partial charge on any atom is -0.389 e. The van der Waals surface area contributed by atoms with Crippen molar-refractivity contribution in [1.82, 2.24) is 10.6 Å². The van der Waals surface area contributed by atoms with Gasteiger partial charge in [0.2, 0.25) is 0 Å². The van der Waals surface area contributed by atoms with Gasteiger partial charge in [-0.15, -0.1) is 0 Å². The summed E-state index contributed by atoms with van der Waals surface area (Å²) in [5.41, 5.74) is 4.43. The number of aliphatic hydroxyl groups is 1. The summed E-state index contributed by atoms with van der Waals surface area (Å²) < 4.78 is 0. The van der Waals surface area contributed by atoms with Gasteiger partial charge in [0.15, 0.2) is 0 Å². The lowest BCUT2D eigenvalue weighted by atomic mass is 9.75. The van der Waals surface area contributed by atoms with E-state index in [1.165, 1.54) is 0 Å². The maximum Gasteiger partial charge on any atom is 0.326 e. The predicted octanol–water partition coefficient (Wildman–Crippen LogP) is 8.06. The van der Waals surface area contributed by atoms with Crippen molar-refractivity contribution in [2.75, 3.05) is 11.4 Å². The van der Waals surface area contributed by atoms with E-state index in [2.05, 4.69) is 36.6 Å². The van der Waals surface area contributed by atoms with Gasteiger partial charge in [-0.3, -0.25) is 4.90 Å². The van der Waals surface area contributed by atoms with Gasteiger partial charge in [0.05, 0.1) is 27.0 Å². The van der Waals surface area contributed by atoms with Gasteiger partial charge in [-0.05, 0) is 67.0 Å². The smallest absolute Gasteiger partial charge is 0.326 e. The summed E-state index contributed by atoms with van der Waals surface area (Å²) in [4.78, 5) is 14.9. The van der Waals surface area contributed by atoms with Crippen LogP contribution >= 0.6 is 34.8 Å². The number of nitrogens with zero attached hydrogens (tertiary/aromatic N) is 1. The molecule has 1 saturated carbocycles. The molecule has 38 heavy (non-hydrogen) atoms. The Morgan fingerprint density at radius 3 is 2.32 bits per heavy atom. The van der Waals surface area contributed by atoms with Crippen molar-refractivity contribution in [2.24, 2.45) is 0 Å². The summed E-state index contributed by atoms with van der Waals surface area (Å²) in [5, 5.41) is 19.0. The Labute approximate surface area is 239 Å². The summed E-state index contributed by atoms with van der Waals surface area (Å²) in [6.45, 7) is 5.13. The average molecular weight is 573 g/mol. The standard InChI is InChI=1S/C30H32Cl3N3O2/c1-18(2)35-17-30(38)12-10-19(11-13-30)20-14-22(21-6-3-4-7-24(21)31)23-16-34-29(37)36(27(23)15-20)28-25(32)8-5-9-26(28)33/h3-9,14-15,18-19,35,38H,10-13,16-17H2,1-2H3,(H,34,37). The zero-order valence-electron chi connectivity index (χ0n) is 21.5. The fourth-order valence-electron chi connectivity index (χ4n) is 5.56. The molecule has 8 heteroatoms. The van der Waals surface area contributed by atoms with Crippen LogP contribution in [0.3, 0.4) is 0 Å². The van der Waals surface area contributed by atoms with Gasteiger partial charge in [0, 0.05) is 35.3 Å². The van der Waals surface area contributed by atoms with Crippen molar-refractivity contribution in [3.63, 3.8) is 0 Å². The number of anilines is 2. The second-order valence-corrected chi connectivity index (χ2v) is 11.9. The van der Waals surface area contributed by atoms with Crippen molar-refractivity contribution < 1.29 is 9.90 Å². The van der Waals surface area contributed by atoms with E-state index < -0.39 is 5.60 Å². The van der Waals surface area contributed by atoms with Gasteiger partial charge in [0.25, 0.3) is 0 Å². The molecule has 3 N–H and O–H groups in total. The van der Waals surface area contributed by atoms with Gasteiger partial charge < -0.3 is 15.7 Å². The van der Waals surface area contributed by atoms with Crippen LogP contribution in [-0.2, 0) is 6.54 Å². The van der Waals surface area contributed by atoms with E-state index >= 15 is 0 Å². The Hall–Kier alpha value is -2.28. The van der Waals surface area contributed by atoms with Crippen molar-refractivity contribution in [1.29, 1.82) is 0 Å². The minimum absolute atomic E-state index is 0.231. The Morgan fingerprint density at radius 1 is 1.00 bits per heavy atom. The molecule has 0 unspecified atom stereocenters. The van der Waals surface area contributed by atoms with Crippen LogP contribution in [-0.4, -0.2) is 29.3 Å². The third-order valence-corrected chi connectivity index (χ3v) is 8.60. The van der Waals surface area contributed by atoms with E-state index in [-0.39, 0.29) is 11.9 Å². The van der Waals surface area contributed by atoms with Crippen molar-refractivity contribution >= 4 is 52.2 Å². The molecule has 0 saturated heterocycles. The molecule has 5 nitrogen and oxygen atoms in total. The van der Waals surface area contributed by atoms with E-state index in [1.807, 2.05) is 24.3 Å². The van der Waals surface area contributed by atoms with Gasteiger partial charge in [-0.25, -0.2) is 4.79 Å². The van der Waals surface area contributed by atoms with Gasteiger partial charge in [0.1, 0.15) is 0 Å². The zero-order chi connectivity index (χ0) is 27.0. The van der Waals surface area contributed by atoms with Crippen molar-refractivity contribution in [2.45, 2.75) is 63.6 Å². The molecule has 0 atom stereocenters. The summed E-state index contributed by atoms with van der Waals surface area (Å²) in [5.74, 6) is 0.231. The molecule has 2 amide bonds. The highest BCUT2D eigenvalue weighted by Crippen LogP contribution is 2.47. The predicted molar refractivity (Wildman–Crippen MR) is 157 cm³/mol.